The molecule has 3 nitrogen and oxygen atoms in total. The van der Waals surface area contributed by atoms with Gasteiger partial charge in [-0.15, -0.1) is 0 Å². The van der Waals surface area contributed by atoms with E-state index in [4.69, 9.17) is 4.74 Å². The van der Waals surface area contributed by atoms with Gasteiger partial charge in [0.1, 0.15) is 0 Å². The van der Waals surface area contributed by atoms with Crippen molar-refractivity contribution in [1.29, 1.82) is 0 Å². The summed E-state index contributed by atoms with van der Waals surface area (Å²) in [5.41, 5.74) is -0.650. The fourth-order valence-corrected chi connectivity index (χ4v) is 1.62. The third-order valence-electron chi connectivity index (χ3n) is 3.28. The van der Waals surface area contributed by atoms with Gasteiger partial charge in [0.15, 0.2) is 0 Å². The van der Waals surface area contributed by atoms with Crippen LogP contribution in [-0.4, -0.2) is 36.0 Å². The molecule has 1 aliphatic rings. The highest BCUT2D eigenvalue weighted by Crippen LogP contribution is 2.20. The monoisotopic (exact) mass is 201 g/mol. The first kappa shape index (κ1) is 12.0. The molecular weight excluding hydrogens is 178 g/mol. The van der Waals surface area contributed by atoms with Crippen molar-refractivity contribution in [2.45, 2.75) is 51.9 Å². The summed E-state index contributed by atoms with van der Waals surface area (Å²) in [6.45, 7) is 9.61. The van der Waals surface area contributed by atoms with E-state index in [2.05, 4.69) is 12.2 Å². The molecule has 1 heterocycles. The Balaban J connectivity index is 2.26. The Kier molecular flexibility index (Phi) is 3.93. The minimum atomic E-state index is -0.650. The highest BCUT2D eigenvalue weighted by Gasteiger charge is 2.27. The molecule has 0 bridgehead atoms. The largest absolute Gasteiger partial charge is 0.389 e. The maximum atomic E-state index is 9.73. The second-order valence-corrected chi connectivity index (χ2v) is 4.91. The summed E-state index contributed by atoms with van der Waals surface area (Å²) in [5.74, 6) is 0.597. The van der Waals surface area contributed by atoms with Crippen molar-refractivity contribution < 1.29 is 9.84 Å². The molecule has 3 heteroatoms. The molecule has 0 aliphatic carbocycles. The predicted octanol–water partition coefficient (Wildman–Crippen LogP) is 1.16. The topological polar surface area (TPSA) is 41.5 Å². The van der Waals surface area contributed by atoms with Gasteiger partial charge in [0.2, 0.25) is 0 Å². The Labute approximate surface area is 86.8 Å². The zero-order valence-corrected chi connectivity index (χ0v) is 9.71. The van der Waals surface area contributed by atoms with Crippen LogP contribution in [0.15, 0.2) is 0 Å². The molecule has 1 rings (SSSR count). The second-order valence-electron chi connectivity index (χ2n) is 4.91. The van der Waals surface area contributed by atoms with Gasteiger partial charge in [0.25, 0.3) is 0 Å². The van der Waals surface area contributed by atoms with Crippen LogP contribution in [0.25, 0.3) is 0 Å². The summed E-state index contributed by atoms with van der Waals surface area (Å²) in [7, 11) is 0. The molecule has 1 saturated heterocycles. The zero-order chi connectivity index (χ0) is 10.8. The normalized spacial score (nSPS) is 30.6. The number of hydrogen-bond donors (Lipinski definition) is 2. The molecule has 0 aromatic rings. The maximum absolute atomic E-state index is 9.73. The van der Waals surface area contributed by atoms with E-state index >= 15 is 0 Å². The Morgan fingerprint density at radius 3 is 2.64 bits per heavy atom. The van der Waals surface area contributed by atoms with Crippen molar-refractivity contribution in [1.82, 2.24) is 5.32 Å². The smallest absolute Gasteiger partial charge is 0.0741 e. The summed E-state index contributed by atoms with van der Waals surface area (Å²) in [4.78, 5) is 0. The van der Waals surface area contributed by atoms with Crippen molar-refractivity contribution in [2.24, 2.45) is 5.92 Å². The van der Waals surface area contributed by atoms with Crippen LogP contribution in [-0.2, 0) is 4.74 Å². The number of aliphatic hydroxyl groups is 1. The lowest BCUT2D eigenvalue weighted by molar-refractivity contribution is 0.0403. The first-order valence-electron chi connectivity index (χ1n) is 5.48. The molecular formula is C11H23NO2. The number of hydrogen-bond acceptors (Lipinski definition) is 3. The molecule has 2 N–H and O–H groups in total. The van der Waals surface area contributed by atoms with Gasteiger partial charge in [-0.25, -0.2) is 0 Å². The quantitative estimate of drug-likeness (QED) is 0.717. The van der Waals surface area contributed by atoms with Crippen LogP contribution in [0.5, 0.6) is 0 Å². The Hall–Kier alpha value is -0.120. The van der Waals surface area contributed by atoms with E-state index in [1.54, 1.807) is 0 Å². The van der Waals surface area contributed by atoms with Gasteiger partial charge in [0, 0.05) is 19.2 Å². The highest BCUT2D eigenvalue weighted by atomic mass is 16.5. The lowest BCUT2D eigenvalue weighted by Gasteiger charge is -2.28. The van der Waals surface area contributed by atoms with Crippen LogP contribution < -0.4 is 5.32 Å². The van der Waals surface area contributed by atoms with Gasteiger partial charge >= 0.3 is 0 Å². The van der Waals surface area contributed by atoms with Crippen molar-refractivity contribution in [3.05, 3.63) is 0 Å². The first-order valence-corrected chi connectivity index (χ1v) is 5.48. The Bertz CT molecular complexity index is 175. The van der Waals surface area contributed by atoms with Gasteiger partial charge < -0.3 is 15.2 Å². The summed E-state index contributed by atoms with van der Waals surface area (Å²) >= 11 is 0. The van der Waals surface area contributed by atoms with Crippen molar-refractivity contribution in [2.75, 3.05) is 13.2 Å². The Morgan fingerprint density at radius 2 is 2.21 bits per heavy atom. The fourth-order valence-electron chi connectivity index (χ4n) is 1.62. The minimum absolute atomic E-state index is 0.121. The van der Waals surface area contributed by atoms with Crippen molar-refractivity contribution >= 4 is 0 Å². The third kappa shape index (κ3) is 3.23. The lowest BCUT2D eigenvalue weighted by Crippen LogP contribution is -2.46. The molecule has 0 aromatic carbocycles. The lowest BCUT2D eigenvalue weighted by atomic mass is 9.98. The standard InChI is InChI=1S/C11H23NO2/c1-8-10(5-6-14-8)7-12-9(2)11(3,4)13/h8-10,12-13H,5-7H2,1-4H3. The molecule has 0 spiro atoms. The summed E-state index contributed by atoms with van der Waals surface area (Å²) in [5, 5.41) is 13.1. The van der Waals surface area contributed by atoms with E-state index in [1.165, 1.54) is 0 Å². The van der Waals surface area contributed by atoms with Crippen LogP contribution in [0.2, 0.25) is 0 Å². The number of rotatable bonds is 4. The van der Waals surface area contributed by atoms with Gasteiger partial charge in [-0.2, -0.15) is 0 Å². The fraction of sp³-hybridized carbons (Fsp3) is 1.00. The van der Waals surface area contributed by atoms with E-state index in [0.29, 0.717) is 12.0 Å². The number of nitrogens with one attached hydrogen (secondary N) is 1. The summed E-state index contributed by atoms with van der Waals surface area (Å²) < 4.78 is 5.48. The minimum Gasteiger partial charge on any atom is -0.389 e. The predicted molar refractivity (Wildman–Crippen MR) is 57.3 cm³/mol. The van der Waals surface area contributed by atoms with E-state index in [-0.39, 0.29) is 6.04 Å². The molecule has 3 unspecified atom stereocenters. The average molecular weight is 201 g/mol. The van der Waals surface area contributed by atoms with Gasteiger partial charge in [-0.1, -0.05) is 0 Å². The average Bonchev–Trinajstić information content (AvgIpc) is 2.45. The second kappa shape index (κ2) is 4.60. The first-order chi connectivity index (χ1) is 6.41. The Morgan fingerprint density at radius 1 is 1.57 bits per heavy atom. The third-order valence-corrected chi connectivity index (χ3v) is 3.28. The molecule has 0 aromatic heterocycles. The highest BCUT2D eigenvalue weighted by molar-refractivity contribution is 4.82. The van der Waals surface area contributed by atoms with Gasteiger partial charge in [-0.3, -0.25) is 0 Å². The molecule has 3 atom stereocenters. The van der Waals surface area contributed by atoms with E-state index in [1.807, 2.05) is 20.8 Å². The van der Waals surface area contributed by atoms with Gasteiger partial charge in [0.05, 0.1) is 11.7 Å². The van der Waals surface area contributed by atoms with Crippen molar-refractivity contribution in [3.8, 4) is 0 Å². The molecule has 0 saturated carbocycles. The van der Waals surface area contributed by atoms with Crippen molar-refractivity contribution in [3.63, 3.8) is 0 Å². The van der Waals surface area contributed by atoms with Crippen LogP contribution in [0.4, 0.5) is 0 Å². The summed E-state index contributed by atoms with van der Waals surface area (Å²) in [6, 6.07) is 0.121. The van der Waals surface area contributed by atoms with Crippen LogP contribution in [0.3, 0.4) is 0 Å². The van der Waals surface area contributed by atoms with Gasteiger partial charge in [-0.05, 0) is 40.0 Å². The van der Waals surface area contributed by atoms with Crippen LogP contribution in [0, 0.1) is 5.92 Å². The van der Waals surface area contributed by atoms with E-state index in [0.717, 1.165) is 19.6 Å². The molecule has 1 fully saturated rings. The zero-order valence-electron chi connectivity index (χ0n) is 9.71. The SMILES string of the molecule is CC1OCCC1CNC(C)C(C)(C)O. The molecule has 1 aliphatic heterocycles. The molecule has 0 radical (unpaired) electrons. The van der Waals surface area contributed by atoms with E-state index < -0.39 is 5.60 Å². The van der Waals surface area contributed by atoms with Crippen LogP contribution in [0.1, 0.15) is 34.1 Å². The molecule has 84 valence electrons. The summed E-state index contributed by atoms with van der Waals surface area (Å²) in [6.07, 6.45) is 1.49. The van der Waals surface area contributed by atoms with E-state index in [9.17, 15) is 5.11 Å². The molecule has 0 amide bonds. The molecule has 14 heavy (non-hydrogen) atoms. The maximum Gasteiger partial charge on any atom is 0.0741 e. The van der Waals surface area contributed by atoms with Crippen LogP contribution >= 0.6 is 0 Å². The number of ether oxygens (including phenoxy) is 1.